The van der Waals surface area contributed by atoms with Crippen molar-refractivity contribution in [2.45, 2.75) is 44.1 Å². The van der Waals surface area contributed by atoms with Crippen molar-refractivity contribution in [1.82, 2.24) is 5.32 Å². The molecule has 1 fully saturated rings. The largest absolute Gasteiger partial charge is 0.391 e. The van der Waals surface area contributed by atoms with E-state index in [0.717, 1.165) is 32.1 Å². The number of amides is 1. The molecule has 2 aliphatic carbocycles. The standard InChI is InChI=1S/C14H19NO2S/c16-12(9-4-5-9)8-15-14(17)11-2-1-3-13-10(11)6-7-18-13/h6-7,9,11-12,16H,1-5,8H2,(H,15,17). The summed E-state index contributed by atoms with van der Waals surface area (Å²) in [4.78, 5) is 13.6. The summed E-state index contributed by atoms with van der Waals surface area (Å²) < 4.78 is 0. The predicted octanol–water partition coefficient (Wildman–Crippen LogP) is 2.06. The lowest BCUT2D eigenvalue weighted by atomic mass is 9.87. The molecule has 3 nitrogen and oxygen atoms in total. The summed E-state index contributed by atoms with van der Waals surface area (Å²) in [5.41, 5.74) is 1.21. The topological polar surface area (TPSA) is 49.3 Å². The van der Waals surface area contributed by atoms with Crippen LogP contribution in [0.25, 0.3) is 0 Å². The molecule has 2 aliphatic rings. The Morgan fingerprint density at radius 2 is 2.33 bits per heavy atom. The first-order chi connectivity index (χ1) is 8.75. The van der Waals surface area contributed by atoms with E-state index in [1.807, 2.05) is 0 Å². The Hall–Kier alpha value is -0.870. The van der Waals surface area contributed by atoms with Crippen LogP contribution in [-0.4, -0.2) is 23.7 Å². The highest BCUT2D eigenvalue weighted by atomic mass is 32.1. The van der Waals surface area contributed by atoms with Crippen molar-refractivity contribution < 1.29 is 9.90 Å². The molecule has 2 unspecified atom stereocenters. The van der Waals surface area contributed by atoms with Crippen LogP contribution in [0.4, 0.5) is 0 Å². The van der Waals surface area contributed by atoms with E-state index in [0.29, 0.717) is 12.5 Å². The van der Waals surface area contributed by atoms with Gasteiger partial charge in [0.05, 0.1) is 12.0 Å². The Labute approximate surface area is 111 Å². The maximum atomic E-state index is 12.2. The van der Waals surface area contributed by atoms with Gasteiger partial charge in [-0.05, 0) is 55.0 Å². The van der Waals surface area contributed by atoms with Crippen molar-refractivity contribution in [3.8, 4) is 0 Å². The van der Waals surface area contributed by atoms with E-state index >= 15 is 0 Å². The summed E-state index contributed by atoms with van der Waals surface area (Å²) in [5.74, 6) is 0.522. The molecule has 18 heavy (non-hydrogen) atoms. The second-order valence-corrected chi connectivity index (χ2v) is 6.39. The fourth-order valence-corrected chi connectivity index (χ4v) is 3.72. The molecular formula is C14H19NO2S. The van der Waals surface area contributed by atoms with E-state index in [9.17, 15) is 9.90 Å². The average molecular weight is 265 g/mol. The number of carbonyl (C=O) groups excluding carboxylic acids is 1. The van der Waals surface area contributed by atoms with Crippen LogP contribution in [0.15, 0.2) is 11.4 Å². The molecule has 1 saturated carbocycles. The number of nitrogens with one attached hydrogen (secondary N) is 1. The minimum Gasteiger partial charge on any atom is -0.391 e. The number of aryl methyl sites for hydroxylation is 1. The first-order valence-corrected chi connectivity index (χ1v) is 7.65. The Kier molecular flexibility index (Phi) is 3.39. The summed E-state index contributed by atoms with van der Waals surface area (Å²) in [6.45, 7) is 0.416. The normalized spacial score (nSPS) is 24.4. The van der Waals surface area contributed by atoms with E-state index in [4.69, 9.17) is 0 Å². The van der Waals surface area contributed by atoms with Crippen molar-refractivity contribution in [3.05, 3.63) is 21.9 Å². The summed E-state index contributed by atoms with van der Waals surface area (Å²) in [6, 6.07) is 2.08. The van der Waals surface area contributed by atoms with Crippen LogP contribution in [0.5, 0.6) is 0 Å². The molecule has 0 saturated heterocycles. The molecule has 0 bridgehead atoms. The van der Waals surface area contributed by atoms with Gasteiger partial charge in [-0.25, -0.2) is 0 Å². The SMILES string of the molecule is O=C(NCC(O)C1CC1)C1CCCc2sccc21. The van der Waals surface area contributed by atoms with Crippen LogP contribution in [-0.2, 0) is 11.2 Å². The number of aliphatic hydroxyl groups excluding tert-OH is 1. The monoisotopic (exact) mass is 265 g/mol. The molecule has 1 heterocycles. The molecule has 1 aromatic heterocycles. The van der Waals surface area contributed by atoms with E-state index in [-0.39, 0.29) is 17.9 Å². The van der Waals surface area contributed by atoms with Gasteiger partial charge < -0.3 is 10.4 Å². The van der Waals surface area contributed by atoms with Crippen molar-refractivity contribution in [1.29, 1.82) is 0 Å². The van der Waals surface area contributed by atoms with Gasteiger partial charge in [-0.2, -0.15) is 0 Å². The molecule has 4 heteroatoms. The minimum atomic E-state index is -0.348. The van der Waals surface area contributed by atoms with Crippen LogP contribution in [0.2, 0.25) is 0 Å². The Morgan fingerprint density at radius 1 is 1.50 bits per heavy atom. The van der Waals surface area contributed by atoms with E-state index in [1.165, 1.54) is 10.4 Å². The summed E-state index contributed by atoms with van der Waals surface area (Å²) in [5, 5.41) is 14.8. The van der Waals surface area contributed by atoms with E-state index < -0.39 is 0 Å². The highest BCUT2D eigenvalue weighted by Gasteiger charge is 2.31. The number of carbonyl (C=O) groups is 1. The van der Waals surface area contributed by atoms with Crippen molar-refractivity contribution >= 4 is 17.2 Å². The minimum absolute atomic E-state index is 0.00593. The number of hydrogen-bond acceptors (Lipinski definition) is 3. The van der Waals surface area contributed by atoms with Crippen LogP contribution >= 0.6 is 11.3 Å². The second kappa shape index (κ2) is 5.02. The van der Waals surface area contributed by atoms with Gasteiger partial charge in [0, 0.05) is 11.4 Å². The number of hydrogen-bond donors (Lipinski definition) is 2. The summed E-state index contributed by atoms with van der Waals surface area (Å²) in [7, 11) is 0. The van der Waals surface area contributed by atoms with Gasteiger partial charge in [0.1, 0.15) is 0 Å². The smallest absolute Gasteiger partial charge is 0.227 e. The molecule has 1 amide bonds. The molecule has 0 aromatic carbocycles. The summed E-state index contributed by atoms with van der Waals surface area (Å²) in [6.07, 6.45) is 5.01. The van der Waals surface area contributed by atoms with Gasteiger partial charge in [0.15, 0.2) is 0 Å². The van der Waals surface area contributed by atoms with Crippen LogP contribution in [0.3, 0.4) is 0 Å². The van der Waals surface area contributed by atoms with Crippen LogP contribution in [0, 0.1) is 5.92 Å². The van der Waals surface area contributed by atoms with Crippen molar-refractivity contribution in [2.75, 3.05) is 6.54 Å². The molecule has 2 N–H and O–H groups in total. The molecule has 3 rings (SSSR count). The Balaban J connectivity index is 1.59. The number of aliphatic hydroxyl groups is 1. The zero-order chi connectivity index (χ0) is 12.5. The third kappa shape index (κ3) is 2.45. The Bertz CT molecular complexity index is 439. The van der Waals surface area contributed by atoms with Gasteiger partial charge >= 0.3 is 0 Å². The molecule has 0 aliphatic heterocycles. The lowest BCUT2D eigenvalue weighted by molar-refractivity contribution is -0.123. The third-order valence-electron chi connectivity index (χ3n) is 4.02. The van der Waals surface area contributed by atoms with Crippen molar-refractivity contribution in [3.63, 3.8) is 0 Å². The van der Waals surface area contributed by atoms with Crippen molar-refractivity contribution in [2.24, 2.45) is 5.92 Å². The lowest BCUT2D eigenvalue weighted by Gasteiger charge is -2.22. The zero-order valence-corrected chi connectivity index (χ0v) is 11.2. The number of fused-ring (bicyclic) bond motifs is 1. The third-order valence-corrected chi connectivity index (χ3v) is 5.02. The van der Waals surface area contributed by atoms with Gasteiger partial charge in [0.2, 0.25) is 5.91 Å². The number of rotatable bonds is 4. The second-order valence-electron chi connectivity index (χ2n) is 5.39. The lowest BCUT2D eigenvalue weighted by Crippen LogP contribution is -2.37. The van der Waals surface area contributed by atoms with E-state index in [1.54, 1.807) is 11.3 Å². The molecule has 1 aromatic rings. The fraction of sp³-hybridized carbons (Fsp3) is 0.643. The van der Waals surface area contributed by atoms with Gasteiger partial charge in [-0.3, -0.25) is 4.79 Å². The predicted molar refractivity (Wildman–Crippen MR) is 71.7 cm³/mol. The number of thiophene rings is 1. The first-order valence-electron chi connectivity index (χ1n) is 6.77. The maximum Gasteiger partial charge on any atom is 0.227 e. The highest BCUT2D eigenvalue weighted by Crippen LogP contribution is 2.35. The van der Waals surface area contributed by atoms with E-state index in [2.05, 4.69) is 16.8 Å². The summed E-state index contributed by atoms with van der Waals surface area (Å²) >= 11 is 1.76. The van der Waals surface area contributed by atoms with Gasteiger partial charge in [0.25, 0.3) is 0 Å². The Morgan fingerprint density at radius 3 is 3.11 bits per heavy atom. The fourth-order valence-electron chi connectivity index (χ4n) is 2.73. The van der Waals surface area contributed by atoms with Crippen LogP contribution in [0.1, 0.15) is 42.0 Å². The maximum absolute atomic E-state index is 12.2. The molecule has 0 spiro atoms. The molecule has 2 atom stereocenters. The average Bonchev–Trinajstić information content (AvgIpc) is 3.12. The molecular weight excluding hydrogens is 246 g/mol. The molecule has 0 radical (unpaired) electrons. The first kappa shape index (κ1) is 12.2. The molecule has 98 valence electrons. The highest BCUT2D eigenvalue weighted by molar-refractivity contribution is 7.10. The van der Waals surface area contributed by atoms with Gasteiger partial charge in [-0.15, -0.1) is 11.3 Å². The van der Waals surface area contributed by atoms with Crippen LogP contribution < -0.4 is 5.32 Å². The van der Waals surface area contributed by atoms with Gasteiger partial charge in [-0.1, -0.05) is 0 Å². The zero-order valence-electron chi connectivity index (χ0n) is 10.4. The quantitative estimate of drug-likeness (QED) is 0.875.